The van der Waals surface area contributed by atoms with Gasteiger partial charge in [0.15, 0.2) is 0 Å². The molecule has 1 aliphatic heterocycles. The van der Waals surface area contributed by atoms with E-state index in [0.29, 0.717) is 25.3 Å². The molecule has 1 aliphatic rings. The Bertz CT molecular complexity index is 486. The Hall–Kier alpha value is -1.49. The number of benzene rings is 1. The zero-order chi connectivity index (χ0) is 14.5. The van der Waals surface area contributed by atoms with Gasteiger partial charge in [0.25, 0.3) is 0 Å². The topological polar surface area (TPSA) is 57.6 Å². The Morgan fingerprint density at radius 1 is 1.35 bits per heavy atom. The number of hydrogen-bond donors (Lipinski definition) is 1. The van der Waals surface area contributed by atoms with Crippen LogP contribution in [0.25, 0.3) is 0 Å². The van der Waals surface area contributed by atoms with Crippen molar-refractivity contribution in [3.63, 3.8) is 0 Å². The molecule has 1 heterocycles. The van der Waals surface area contributed by atoms with Gasteiger partial charge in [-0.1, -0.05) is 17.7 Å². The van der Waals surface area contributed by atoms with Gasteiger partial charge in [0.1, 0.15) is 0 Å². The molecule has 4 nitrogen and oxygen atoms in total. The quantitative estimate of drug-likeness (QED) is 0.866. The SMILES string of the molecule is Cc1ccc(SCC(=O)N2CCC[C@H](C(=O)O)C2)cc1. The van der Waals surface area contributed by atoms with Crippen LogP contribution in [-0.4, -0.2) is 40.7 Å². The lowest BCUT2D eigenvalue weighted by Gasteiger charge is -2.30. The van der Waals surface area contributed by atoms with Crippen molar-refractivity contribution in [1.82, 2.24) is 4.90 Å². The molecule has 0 aromatic heterocycles. The number of amides is 1. The number of aryl methyl sites for hydroxylation is 1. The number of nitrogens with zero attached hydrogens (tertiary/aromatic N) is 1. The van der Waals surface area contributed by atoms with Gasteiger partial charge in [0, 0.05) is 18.0 Å². The Kier molecular flexibility index (Phi) is 5.06. The van der Waals surface area contributed by atoms with Crippen LogP contribution in [0.5, 0.6) is 0 Å². The average molecular weight is 293 g/mol. The standard InChI is InChI=1S/C15H19NO3S/c1-11-4-6-13(7-5-11)20-10-14(17)16-8-2-3-12(9-16)15(18)19/h4-7,12H,2-3,8-10H2,1H3,(H,18,19)/t12-/m0/s1. The lowest BCUT2D eigenvalue weighted by atomic mass is 9.98. The molecule has 20 heavy (non-hydrogen) atoms. The summed E-state index contributed by atoms with van der Waals surface area (Å²) in [6, 6.07) is 8.05. The predicted octanol–water partition coefficient (Wildman–Crippen LogP) is 2.41. The van der Waals surface area contributed by atoms with Gasteiger partial charge in [-0.2, -0.15) is 0 Å². The molecule has 0 radical (unpaired) electrons. The minimum absolute atomic E-state index is 0.0292. The Balaban J connectivity index is 1.85. The summed E-state index contributed by atoms with van der Waals surface area (Å²) >= 11 is 1.50. The van der Waals surface area contributed by atoms with Crippen molar-refractivity contribution in [3.05, 3.63) is 29.8 Å². The maximum atomic E-state index is 12.1. The number of carboxylic acid groups (broad SMARTS) is 1. The molecule has 1 aromatic rings. The maximum Gasteiger partial charge on any atom is 0.308 e. The number of likely N-dealkylation sites (tertiary alicyclic amines) is 1. The van der Waals surface area contributed by atoms with Gasteiger partial charge in [-0.3, -0.25) is 9.59 Å². The number of hydrogen-bond acceptors (Lipinski definition) is 3. The molecular formula is C15H19NO3S. The molecule has 0 spiro atoms. The van der Waals surface area contributed by atoms with Crippen molar-refractivity contribution < 1.29 is 14.7 Å². The lowest BCUT2D eigenvalue weighted by molar-refractivity contribution is -0.145. The first-order valence-corrected chi connectivity index (χ1v) is 7.75. The molecule has 0 unspecified atom stereocenters. The molecule has 1 saturated heterocycles. The number of carbonyl (C=O) groups is 2. The Morgan fingerprint density at radius 3 is 2.70 bits per heavy atom. The molecular weight excluding hydrogens is 274 g/mol. The second kappa shape index (κ2) is 6.79. The number of piperidine rings is 1. The maximum absolute atomic E-state index is 12.1. The minimum Gasteiger partial charge on any atom is -0.481 e. The van der Waals surface area contributed by atoms with Crippen LogP contribution in [0.2, 0.25) is 0 Å². The van der Waals surface area contributed by atoms with E-state index < -0.39 is 11.9 Å². The second-order valence-electron chi connectivity index (χ2n) is 5.12. The fourth-order valence-electron chi connectivity index (χ4n) is 2.28. The summed E-state index contributed by atoms with van der Waals surface area (Å²) in [5, 5.41) is 9.03. The van der Waals surface area contributed by atoms with Crippen molar-refractivity contribution in [2.45, 2.75) is 24.7 Å². The van der Waals surface area contributed by atoms with Crippen LogP contribution in [0.4, 0.5) is 0 Å². The van der Waals surface area contributed by atoms with E-state index in [1.165, 1.54) is 17.3 Å². The van der Waals surface area contributed by atoms with Crippen molar-refractivity contribution in [1.29, 1.82) is 0 Å². The third kappa shape index (κ3) is 4.00. The molecule has 1 N–H and O–H groups in total. The molecule has 1 amide bonds. The van der Waals surface area contributed by atoms with Crippen LogP contribution in [0.1, 0.15) is 18.4 Å². The van der Waals surface area contributed by atoms with Crippen molar-refractivity contribution in [2.75, 3.05) is 18.8 Å². The van der Waals surface area contributed by atoms with Gasteiger partial charge in [0.2, 0.25) is 5.91 Å². The molecule has 0 saturated carbocycles. The number of rotatable bonds is 4. The van der Waals surface area contributed by atoms with Gasteiger partial charge in [0.05, 0.1) is 11.7 Å². The monoisotopic (exact) mass is 293 g/mol. The summed E-state index contributed by atoms with van der Waals surface area (Å²) in [7, 11) is 0. The fourth-order valence-corrected chi connectivity index (χ4v) is 3.08. The summed E-state index contributed by atoms with van der Waals surface area (Å²) in [6.07, 6.45) is 1.45. The van der Waals surface area contributed by atoms with E-state index in [9.17, 15) is 9.59 Å². The van der Waals surface area contributed by atoms with E-state index in [1.807, 2.05) is 31.2 Å². The summed E-state index contributed by atoms with van der Waals surface area (Å²) in [6.45, 7) is 3.05. The Morgan fingerprint density at radius 2 is 2.05 bits per heavy atom. The highest BCUT2D eigenvalue weighted by Crippen LogP contribution is 2.21. The number of thioether (sulfide) groups is 1. The molecule has 2 rings (SSSR count). The molecule has 1 fully saturated rings. The summed E-state index contributed by atoms with van der Waals surface area (Å²) in [5.74, 6) is -0.803. The largest absolute Gasteiger partial charge is 0.481 e. The van der Waals surface area contributed by atoms with Crippen LogP contribution in [0.15, 0.2) is 29.2 Å². The van der Waals surface area contributed by atoms with Gasteiger partial charge >= 0.3 is 5.97 Å². The number of carbonyl (C=O) groups excluding carboxylic acids is 1. The van der Waals surface area contributed by atoms with Crippen LogP contribution in [-0.2, 0) is 9.59 Å². The molecule has 1 aromatic carbocycles. The second-order valence-corrected chi connectivity index (χ2v) is 6.17. The summed E-state index contributed by atoms with van der Waals surface area (Å²) in [4.78, 5) is 25.9. The first-order chi connectivity index (χ1) is 9.56. The third-order valence-electron chi connectivity index (χ3n) is 3.51. The van der Waals surface area contributed by atoms with Gasteiger partial charge in [-0.05, 0) is 31.9 Å². The van der Waals surface area contributed by atoms with E-state index in [-0.39, 0.29) is 5.91 Å². The normalized spacial score (nSPS) is 18.9. The van der Waals surface area contributed by atoms with Gasteiger partial charge in [-0.15, -0.1) is 11.8 Å². The zero-order valence-electron chi connectivity index (χ0n) is 11.5. The highest BCUT2D eigenvalue weighted by molar-refractivity contribution is 8.00. The summed E-state index contributed by atoms with van der Waals surface area (Å²) in [5.41, 5.74) is 1.20. The number of aliphatic carboxylic acids is 1. The van der Waals surface area contributed by atoms with E-state index in [4.69, 9.17) is 5.11 Å². The average Bonchev–Trinajstić information content (AvgIpc) is 2.46. The smallest absolute Gasteiger partial charge is 0.308 e. The highest BCUT2D eigenvalue weighted by atomic mass is 32.2. The number of carboxylic acids is 1. The molecule has 108 valence electrons. The Labute approximate surface area is 123 Å². The molecule has 1 atom stereocenters. The van der Waals surface area contributed by atoms with Crippen LogP contribution in [0, 0.1) is 12.8 Å². The fraction of sp³-hybridized carbons (Fsp3) is 0.467. The van der Waals surface area contributed by atoms with E-state index in [1.54, 1.807) is 4.90 Å². The lowest BCUT2D eigenvalue weighted by Crippen LogP contribution is -2.43. The molecule has 5 heteroatoms. The first kappa shape index (κ1) is 14.9. The first-order valence-electron chi connectivity index (χ1n) is 6.76. The summed E-state index contributed by atoms with van der Waals surface area (Å²) < 4.78 is 0. The van der Waals surface area contributed by atoms with E-state index in [0.717, 1.165) is 11.3 Å². The van der Waals surface area contributed by atoms with E-state index in [2.05, 4.69) is 0 Å². The minimum atomic E-state index is -0.798. The van der Waals surface area contributed by atoms with Crippen LogP contribution >= 0.6 is 11.8 Å². The highest BCUT2D eigenvalue weighted by Gasteiger charge is 2.27. The van der Waals surface area contributed by atoms with Crippen molar-refractivity contribution in [3.8, 4) is 0 Å². The van der Waals surface area contributed by atoms with Gasteiger partial charge in [-0.25, -0.2) is 0 Å². The van der Waals surface area contributed by atoms with Crippen molar-refractivity contribution in [2.24, 2.45) is 5.92 Å². The van der Waals surface area contributed by atoms with Crippen LogP contribution < -0.4 is 0 Å². The van der Waals surface area contributed by atoms with Gasteiger partial charge < -0.3 is 10.0 Å². The predicted molar refractivity (Wildman–Crippen MR) is 78.8 cm³/mol. The van der Waals surface area contributed by atoms with Crippen molar-refractivity contribution >= 4 is 23.6 Å². The zero-order valence-corrected chi connectivity index (χ0v) is 12.4. The van der Waals surface area contributed by atoms with E-state index >= 15 is 0 Å². The third-order valence-corrected chi connectivity index (χ3v) is 4.50. The molecule has 0 aliphatic carbocycles. The molecule has 0 bridgehead atoms. The van der Waals surface area contributed by atoms with Crippen LogP contribution in [0.3, 0.4) is 0 Å².